The van der Waals surface area contributed by atoms with Gasteiger partial charge in [-0.3, -0.25) is 4.79 Å². The molecule has 1 atom stereocenters. The lowest BCUT2D eigenvalue weighted by atomic mass is 10.0. The topological polar surface area (TPSA) is 59.8 Å². The average Bonchev–Trinajstić information content (AvgIpc) is 3.13. The fraction of sp³-hybridized carbons (Fsp3) is 0.250. The van der Waals surface area contributed by atoms with Gasteiger partial charge in [0.25, 0.3) is 5.91 Å². The maximum atomic E-state index is 13.7. The molecule has 5 nitrogen and oxygen atoms in total. The highest BCUT2D eigenvalue weighted by molar-refractivity contribution is 5.95. The summed E-state index contributed by atoms with van der Waals surface area (Å²) in [7, 11) is 0. The number of nitrogens with zero attached hydrogens (tertiary/aromatic N) is 3. The van der Waals surface area contributed by atoms with Crippen LogP contribution in [0.4, 0.5) is 26.3 Å². The summed E-state index contributed by atoms with van der Waals surface area (Å²) in [5.41, 5.74) is -1.76. The number of halogens is 6. The highest BCUT2D eigenvalue weighted by Crippen LogP contribution is 2.34. The van der Waals surface area contributed by atoms with E-state index in [1.54, 1.807) is 38.1 Å². The quantitative estimate of drug-likeness (QED) is 0.572. The van der Waals surface area contributed by atoms with Crippen molar-refractivity contribution in [2.24, 2.45) is 0 Å². The zero-order valence-electron chi connectivity index (χ0n) is 16.2. The van der Waals surface area contributed by atoms with Crippen molar-refractivity contribution in [3.63, 3.8) is 0 Å². The maximum Gasteiger partial charge on any atom is 0.434 e. The monoisotopic (exact) mass is 442 g/mol. The Hall–Kier alpha value is -3.37. The Morgan fingerprint density at radius 3 is 2.23 bits per heavy atom. The zero-order valence-corrected chi connectivity index (χ0v) is 16.2. The fourth-order valence-corrected chi connectivity index (χ4v) is 3.06. The first-order chi connectivity index (χ1) is 14.4. The first-order valence-corrected chi connectivity index (χ1v) is 8.95. The number of nitrogens with one attached hydrogen (secondary N) is 1. The molecule has 1 aromatic carbocycles. The molecule has 31 heavy (non-hydrogen) atoms. The van der Waals surface area contributed by atoms with Crippen LogP contribution in [0.5, 0.6) is 0 Å². The molecule has 1 unspecified atom stereocenters. The van der Waals surface area contributed by atoms with E-state index < -0.39 is 46.9 Å². The molecule has 0 aliphatic carbocycles. The molecule has 0 saturated carbocycles. The van der Waals surface area contributed by atoms with Gasteiger partial charge in [-0.15, -0.1) is 0 Å². The van der Waals surface area contributed by atoms with Gasteiger partial charge in [-0.1, -0.05) is 24.3 Å². The second-order valence-electron chi connectivity index (χ2n) is 6.77. The molecule has 2 heterocycles. The number of benzene rings is 1. The summed E-state index contributed by atoms with van der Waals surface area (Å²) in [6.45, 7) is 3.42. The van der Waals surface area contributed by atoms with Gasteiger partial charge >= 0.3 is 12.4 Å². The van der Waals surface area contributed by atoms with Gasteiger partial charge in [0.15, 0.2) is 11.5 Å². The van der Waals surface area contributed by atoms with Gasteiger partial charge in [-0.25, -0.2) is 9.67 Å². The molecule has 0 spiro atoms. The van der Waals surface area contributed by atoms with Gasteiger partial charge in [-0.2, -0.15) is 31.4 Å². The summed E-state index contributed by atoms with van der Waals surface area (Å²) in [5.74, 6) is -1.53. The lowest BCUT2D eigenvalue weighted by Gasteiger charge is -2.17. The van der Waals surface area contributed by atoms with E-state index in [2.05, 4.69) is 15.4 Å². The van der Waals surface area contributed by atoms with Gasteiger partial charge < -0.3 is 5.32 Å². The number of hydrogen-bond donors (Lipinski definition) is 1. The minimum Gasteiger partial charge on any atom is -0.345 e. The first-order valence-electron chi connectivity index (χ1n) is 8.95. The Balaban J connectivity index is 1.96. The third kappa shape index (κ3) is 4.70. The van der Waals surface area contributed by atoms with Crippen molar-refractivity contribution in [2.75, 3.05) is 0 Å². The van der Waals surface area contributed by atoms with E-state index >= 15 is 0 Å². The van der Waals surface area contributed by atoms with E-state index in [4.69, 9.17) is 0 Å². The van der Waals surface area contributed by atoms with Crippen molar-refractivity contribution in [1.29, 1.82) is 0 Å². The minimum absolute atomic E-state index is 0.299. The van der Waals surface area contributed by atoms with Crippen molar-refractivity contribution in [1.82, 2.24) is 20.1 Å². The molecule has 0 aliphatic rings. The molecule has 0 saturated heterocycles. The molecule has 0 bridgehead atoms. The molecule has 1 amide bonds. The van der Waals surface area contributed by atoms with Crippen molar-refractivity contribution in [3.05, 3.63) is 76.7 Å². The number of amides is 1. The summed E-state index contributed by atoms with van der Waals surface area (Å²) in [6, 6.07) is 7.81. The van der Waals surface area contributed by atoms with E-state index in [1.165, 1.54) is 0 Å². The Morgan fingerprint density at radius 2 is 1.68 bits per heavy atom. The normalized spacial score (nSPS) is 13.2. The molecular weight excluding hydrogens is 426 g/mol. The second-order valence-corrected chi connectivity index (χ2v) is 6.77. The number of aryl methyl sites for hydroxylation is 1. The predicted octanol–water partition coefficient (Wildman–Crippen LogP) is 5.10. The smallest absolute Gasteiger partial charge is 0.345 e. The van der Waals surface area contributed by atoms with Crippen molar-refractivity contribution >= 4 is 5.91 Å². The van der Waals surface area contributed by atoms with Gasteiger partial charge in [0, 0.05) is 6.20 Å². The van der Waals surface area contributed by atoms with Gasteiger partial charge in [0.1, 0.15) is 0 Å². The Kier molecular flexibility index (Phi) is 5.79. The van der Waals surface area contributed by atoms with Gasteiger partial charge in [0.2, 0.25) is 0 Å². The first kappa shape index (κ1) is 22.3. The molecular formula is C20H16F6N4O. The minimum atomic E-state index is -5.01. The Labute approximate surface area is 172 Å². The van der Waals surface area contributed by atoms with Crippen LogP contribution in [0, 0.1) is 6.92 Å². The number of aromatic nitrogens is 3. The molecule has 164 valence electrons. The Bertz CT molecular complexity index is 1090. The zero-order chi connectivity index (χ0) is 23.0. The van der Waals surface area contributed by atoms with Crippen LogP contribution in [0.2, 0.25) is 0 Å². The van der Waals surface area contributed by atoms with E-state index in [0.717, 1.165) is 17.2 Å². The third-order valence-corrected chi connectivity index (χ3v) is 4.58. The largest absolute Gasteiger partial charge is 0.434 e. The average molecular weight is 442 g/mol. The number of carbonyl (C=O) groups excluding carboxylic acids is 1. The Morgan fingerprint density at radius 1 is 1.00 bits per heavy atom. The number of carbonyl (C=O) groups is 1. The molecule has 0 fully saturated rings. The number of hydrogen-bond acceptors (Lipinski definition) is 3. The van der Waals surface area contributed by atoms with Gasteiger partial charge in [-0.05, 0) is 37.1 Å². The summed E-state index contributed by atoms with van der Waals surface area (Å²) in [5, 5.41) is 6.05. The van der Waals surface area contributed by atoms with Crippen LogP contribution in [0.25, 0.3) is 5.82 Å². The highest BCUT2D eigenvalue weighted by atomic mass is 19.4. The van der Waals surface area contributed by atoms with E-state index in [-0.39, 0.29) is 0 Å². The molecule has 11 heteroatoms. The van der Waals surface area contributed by atoms with Crippen LogP contribution in [-0.2, 0) is 12.4 Å². The number of pyridine rings is 1. The molecule has 1 N–H and O–H groups in total. The van der Waals surface area contributed by atoms with E-state index in [9.17, 15) is 31.1 Å². The number of rotatable bonds is 4. The van der Waals surface area contributed by atoms with Crippen molar-refractivity contribution in [2.45, 2.75) is 32.2 Å². The molecule has 3 aromatic rings. The van der Waals surface area contributed by atoms with E-state index in [0.29, 0.717) is 23.1 Å². The van der Waals surface area contributed by atoms with Crippen LogP contribution < -0.4 is 5.32 Å². The van der Waals surface area contributed by atoms with Crippen LogP contribution in [0.1, 0.15) is 45.7 Å². The fourth-order valence-electron chi connectivity index (χ4n) is 3.06. The SMILES string of the molecule is Cc1ccccc1C(C)NC(=O)c1cnn(-c2ccc(C(F)(F)F)cn2)c1C(F)(F)F. The molecule has 3 rings (SSSR count). The lowest BCUT2D eigenvalue weighted by molar-refractivity contribution is -0.143. The summed E-state index contributed by atoms with van der Waals surface area (Å²) in [4.78, 5) is 16.0. The van der Waals surface area contributed by atoms with Crippen molar-refractivity contribution in [3.8, 4) is 5.82 Å². The van der Waals surface area contributed by atoms with Crippen LogP contribution in [0.15, 0.2) is 48.8 Å². The van der Waals surface area contributed by atoms with Crippen LogP contribution in [-0.4, -0.2) is 20.7 Å². The second kappa shape index (κ2) is 8.05. The third-order valence-electron chi connectivity index (χ3n) is 4.58. The highest BCUT2D eigenvalue weighted by Gasteiger charge is 2.41. The summed E-state index contributed by atoms with van der Waals surface area (Å²) in [6.07, 6.45) is -8.60. The maximum absolute atomic E-state index is 13.7. The van der Waals surface area contributed by atoms with Crippen molar-refractivity contribution < 1.29 is 31.1 Å². The standard InChI is InChI=1S/C20H16F6N4O/c1-11-5-3-4-6-14(11)12(2)29-18(31)15-10-28-30(17(15)20(24,25)26)16-8-7-13(9-27-16)19(21,22)23/h3-10,12H,1-2H3,(H,29,31). The van der Waals surface area contributed by atoms with E-state index in [1.807, 2.05) is 0 Å². The van der Waals surface area contributed by atoms with Gasteiger partial charge in [0.05, 0.1) is 23.4 Å². The van der Waals surface area contributed by atoms with Crippen LogP contribution >= 0.6 is 0 Å². The number of alkyl halides is 6. The molecule has 0 radical (unpaired) electrons. The van der Waals surface area contributed by atoms with Crippen LogP contribution in [0.3, 0.4) is 0 Å². The lowest BCUT2D eigenvalue weighted by Crippen LogP contribution is -2.29. The molecule has 2 aromatic heterocycles. The molecule has 0 aliphatic heterocycles. The summed E-state index contributed by atoms with van der Waals surface area (Å²) < 4.78 is 79.6. The predicted molar refractivity (Wildman–Crippen MR) is 98.4 cm³/mol. The summed E-state index contributed by atoms with van der Waals surface area (Å²) >= 11 is 0.